The van der Waals surface area contributed by atoms with Crippen molar-refractivity contribution >= 4 is 56.7 Å². The number of aromatic nitrogens is 2. The number of amides is 2. The van der Waals surface area contributed by atoms with Crippen LogP contribution in [0.1, 0.15) is 28.6 Å². The van der Waals surface area contributed by atoms with Crippen molar-refractivity contribution in [2.45, 2.75) is 30.5 Å². The van der Waals surface area contributed by atoms with Gasteiger partial charge in [0, 0.05) is 68.0 Å². The van der Waals surface area contributed by atoms with Crippen molar-refractivity contribution in [1.29, 1.82) is 0 Å². The topological polar surface area (TPSA) is 132 Å². The molecule has 0 aliphatic carbocycles. The number of ether oxygens (including phenoxy) is 1. The zero-order chi connectivity index (χ0) is 28.0. The van der Waals surface area contributed by atoms with E-state index in [1.54, 1.807) is 29.2 Å². The molecule has 0 radical (unpaired) electrons. The fourth-order valence-electron chi connectivity index (χ4n) is 5.52. The number of hydrogen-bond donors (Lipinski definition) is 1. The maximum Gasteiger partial charge on any atom is 0.310 e. The maximum absolute atomic E-state index is 13.7. The van der Waals surface area contributed by atoms with Gasteiger partial charge in [-0.3, -0.25) is 14.5 Å². The highest BCUT2D eigenvalue weighted by Crippen LogP contribution is 2.28. The fourth-order valence-corrected chi connectivity index (χ4v) is 7.19. The second-order valence-corrected chi connectivity index (χ2v) is 12.8. The van der Waals surface area contributed by atoms with Crippen LogP contribution in [0, 0.1) is 0 Å². The number of piperazine rings is 1. The van der Waals surface area contributed by atoms with E-state index in [0.717, 1.165) is 12.2 Å². The van der Waals surface area contributed by atoms with Gasteiger partial charge >= 0.3 is 5.91 Å². The van der Waals surface area contributed by atoms with Gasteiger partial charge in [0.1, 0.15) is 10.8 Å². The van der Waals surface area contributed by atoms with E-state index >= 15 is 0 Å². The second kappa shape index (κ2) is 11.9. The lowest BCUT2D eigenvalue weighted by molar-refractivity contribution is -0.136. The number of halogens is 2. The Labute approximate surface area is 249 Å². The van der Waals surface area contributed by atoms with E-state index in [4.69, 9.17) is 20.8 Å². The Hall–Kier alpha value is -2.68. The summed E-state index contributed by atoms with van der Waals surface area (Å²) in [5, 5.41) is 1.22. The molecule has 1 unspecified atom stereocenters. The van der Waals surface area contributed by atoms with Gasteiger partial charge in [-0.25, -0.2) is 13.4 Å². The minimum atomic E-state index is -3.95. The van der Waals surface area contributed by atoms with Gasteiger partial charge in [-0.05, 0) is 31.3 Å². The number of nitrogens with zero attached hydrogens (tertiary/aromatic N) is 5. The zero-order valence-corrected chi connectivity index (χ0v) is 24.9. The molecule has 6 rings (SSSR count). The van der Waals surface area contributed by atoms with Gasteiger partial charge in [0.2, 0.25) is 5.91 Å². The van der Waals surface area contributed by atoms with Gasteiger partial charge in [0.25, 0.3) is 15.9 Å². The summed E-state index contributed by atoms with van der Waals surface area (Å²) in [5.74, 6) is 0.0548. The number of hydrogen-bond acceptors (Lipinski definition) is 8. The lowest BCUT2D eigenvalue weighted by Crippen LogP contribution is -2.58. The van der Waals surface area contributed by atoms with Crippen molar-refractivity contribution in [1.82, 2.24) is 29.0 Å². The number of fused-ring (bicyclic) bond motifs is 2. The number of oxazole rings is 1. The van der Waals surface area contributed by atoms with Crippen LogP contribution in [0.3, 0.4) is 0 Å². The molecule has 41 heavy (non-hydrogen) atoms. The minimum Gasteiger partial charge on any atom is -0.436 e. The SMILES string of the molecule is CN1CCc2nc(C(=O)N3CCN(S(=O)(=O)c4cc5cc(Cl)ccc5[nH]4)CC3CC(=O)N3CCOCC3)oc2C1.Cl. The average molecular weight is 628 g/mol. The van der Waals surface area contributed by atoms with Crippen molar-refractivity contribution < 1.29 is 27.2 Å². The number of nitrogens with one attached hydrogen (secondary N) is 1. The van der Waals surface area contributed by atoms with Crippen LogP contribution in [0.15, 0.2) is 33.7 Å². The standard InChI is InChI=1S/C26H31ClN6O6S.ClH/c1-30-5-4-21-22(16-30)39-25(29-21)26(35)33-7-6-32(15-19(33)14-24(34)31-8-10-38-11-9-31)40(36,37)23-13-17-12-18(27)2-3-20(17)28-23;/h2-3,12-13,19,28H,4-11,14-16H2,1H3;1H. The summed E-state index contributed by atoms with van der Waals surface area (Å²) >= 11 is 6.09. The number of carbonyl (C=O) groups is 2. The summed E-state index contributed by atoms with van der Waals surface area (Å²) < 4.78 is 40.0. The largest absolute Gasteiger partial charge is 0.436 e. The molecular formula is C26H32Cl2N6O6S. The Morgan fingerprint density at radius 3 is 2.68 bits per heavy atom. The number of sulfonamides is 1. The quantitative estimate of drug-likeness (QED) is 0.455. The Morgan fingerprint density at radius 1 is 1.12 bits per heavy atom. The van der Waals surface area contributed by atoms with E-state index < -0.39 is 22.0 Å². The normalized spacial score (nSPS) is 20.6. The van der Waals surface area contributed by atoms with Crippen LogP contribution in [0.4, 0.5) is 0 Å². The summed E-state index contributed by atoms with van der Waals surface area (Å²) in [6, 6.07) is 5.96. The molecular weight excluding hydrogens is 595 g/mol. The molecule has 12 nitrogen and oxygen atoms in total. The van der Waals surface area contributed by atoms with Gasteiger partial charge in [0.15, 0.2) is 0 Å². The minimum absolute atomic E-state index is 0. The highest BCUT2D eigenvalue weighted by atomic mass is 35.5. The Balaban J connectivity index is 0.00000337. The third kappa shape index (κ3) is 5.97. The van der Waals surface area contributed by atoms with Crippen LogP contribution in [0.2, 0.25) is 5.02 Å². The fraction of sp³-hybridized carbons (Fsp3) is 0.500. The summed E-state index contributed by atoms with van der Waals surface area (Å²) in [4.78, 5) is 39.7. The van der Waals surface area contributed by atoms with Crippen LogP contribution < -0.4 is 0 Å². The monoisotopic (exact) mass is 626 g/mol. The van der Waals surface area contributed by atoms with E-state index in [9.17, 15) is 18.0 Å². The first-order chi connectivity index (χ1) is 19.2. The molecule has 1 aromatic carbocycles. The number of H-pyrrole nitrogens is 1. The Morgan fingerprint density at radius 2 is 1.90 bits per heavy atom. The Bertz CT molecular complexity index is 1550. The first-order valence-electron chi connectivity index (χ1n) is 13.3. The molecule has 2 amide bonds. The molecule has 1 N–H and O–H groups in total. The summed E-state index contributed by atoms with van der Waals surface area (Å²) in [6.07, 6.45) is 0.659. The number of morpholine rings is 1. The highest BCUT2D eigenvalue weighted by Gasteiger charge is 2.40. The second-order valence-electron chi connectivity index (χ2n) is 10.5. The summed E-state index contributed by atoms with van der Waals surface area (Å²) in [7, 11) is -1.97. The number of rotatable bonds is 5. The summed E-state index contributed by atoms with van der Waals surface area (Å²) in [6.45, 7) is 3.31. The van der Waals surface area contributed by atoms with Crippen LogP contribution >= 0.6 is 24.0 Å². The molecule has 0 bridgehead atoms. The third-order valence-corrected chi connectivity index (χ3v) is 9.78. The zero-order valence-electron chi connectivity index (χ0n) is 22.5. The number of carbonyl (C=O) groups excluding carboxylic acids is 2. The predicted octanol–water partition coefficient (Wildman–Crippen LogP) is 1.98. The molecule has 5 heterocycles. The molecule has 2 fully saturated rings. The van der Waals surface area contributed by atoms with Crippen LogP contribution in [-0.4, -0.2) is 115 Å². The third-order valence-electron chi connectivity index (χ3n) is 7.76. The van der Waals surface area contributed by atoms with Gasteiger partial charge in [0.05, 0.1) is 31.5 Å². The first-order valence-corrected chi connectivity index (χ1v) is 15.1. The van der Waals surface area contributed by atoms with Crippen molar-refractivity contribution in [3.05, 3.63) is 46.6 Å². The van der Waals surface area contributed by atoms with Crippen LogP contribution in [-0.2, 0) is 32.5 Å². The molecule has 2 saturated heterocycles. The summed E-state index contributed by atoms with van der Waals surface area (Å²) in [5.41, 5.74) is 1.41. The van der Waals surface area contributed by atoms with Gasteiger partial charge in [-0.2, -0.15) is 4.31 Å². The molecule has 3 aliphatic rings. The van der Waals surface area contributed by atoms with Gasteiger partial charge in [-0.15, -0.1) is 12.4 Å². The van der Waals surface area contributed by atoms with E-state index in [1.807, 2.05) is 7.05 Å². The molecule has 0 spiro atoms. The van der Waals surface area contributed by atoms with E-state index in [2.05, 4.69) is 14.9 Å². The maximum atomic E-state index is 13.7. The van der Waals surface area contributed by atoms with E-state index in [0.29, 0.717) is 61.0 Å². The van der Waals surface area contributed by atoms with Crippen molar-refractivity contribution in [2.75, 3.05) is 59.5 Å². The molecule has 1 atom stereocenters. The number of aromatic amines is 1. The van der Waals surface area contributed by atoms with Crippen LogP contribution in [0.5, 0.6) is 0 Å². The number of likely N-dealkylation sites (N-methyl/N-ethyl adjacent to an activating group) is 1. The molecule has 0 saturated carbocycles. The molecule has 2 aromatic heterocycles. The Kier molecular flexibility index (Phi) is 8.65. The van der Waals surface area contributed by atoms with Crippen molar-refractivity contribution in [3.63, 3.8) is 0 Å². The van der Waals surface area contributed by atoms with E-state index in [1.165, 1.54) is 9.21 Å². The van der Waals surface area contributed by atoms with Crippen molar-refractivity contribution in [2.24, 2.45) is 0 Å². The first kappa shape index (κ1) is 29.8. The van der Waals surface area contributed by atoms with Gasteiger partial charge < -0.3 is 23.9 Å². The lowest BCUT2D eigenvalue weighted by Gasteiger charge is -2.40. The average Bonchev–Trinajstić information content (AvgIpc) is 3.57. The lowest BCUT2D eigenvalue weighted by atomic mass is 10.1. The smallest absolute Gasteiger partial charge is 0.310 e. The van der Waals surface area contributed by atoms with Crippen LogP contribution in [0.25, 0.3) is 10.9 Å². The predicted molar refractivity (Wildman–Crippen MR) is 153 cm³/mol. The van der Waals surface area contributed by atoms with Crippen molar-refractivity contribution in [3.8, 4) is 0 Å². The van der Waals surface area contributed by atoms with E-state index in [-0.39, 0.29) is 55.3 Å². The molecule has 222 valence electrons. The molecule has 3 aliphatic heterocycles. The molecule has 3 aromatic rings. The molecule has 15 heteroatoms. The highest BCUT2D eigenvalue weighted by molar-refractivity contribution is 7.89. The van der Waals surface area contributed by atoms with Gasteiger partial charge in [-0.1, -0.05) is 11.6 Å². The number of benzene rings is 1.